The lowest BCUT2D eigenvalue weighted by Crippen LogP contribution is -2.26. The van der Waals surface area contributed by atoms with Gasteiger partial charge in [-0.15, -0.1) is 11.3 Å². The lowest BCUT2D eigenvalue weighted by Gasteiger charge is -2.19. The van der Waals surface area contributed by atoms with E-state index in [1.165, 1.54) is 11.3 Å². The molecular formula is C10H14ClNO2S. The van der Waals surface area contributed by atoms with E-state index in [9.17, 15) is 4.79 Å². The number of nitrogens with one attached hydrogen (secondary N) is 1. The number of ether oxygens (including phenoxy) is 1. The van der Waals surface area contributed by atoms with E-state index < -0.39 is 11.7 Å². The maximum atomic E-state index is 11.4. The second-order valence-electron chi connectivity index (χ2n) is 4.19. The zero-order valence-electron chi connectivity index (χ0n) is 9.18. The zero-order valence-corrected chi connectivity index (χ0v) is 10.8. The number of anilines is 1. The van der Waals surface area contributed by atoms with Crippen molar-refractivity contribution in [3.05, 3.63) is 16.0 Å². The van der Waals surface area contributed by atoms with Crippen molar-refractivity contribution in [2.75, 3.05) is 5.32 Å². The molecule has 0 fully saturated rings. The fourth-order valence-electron chi connectivity index (χ4n) is 0.926. The third-order valence-electron chi connectivity index (χ3n) is 1.48. The summed E-state index contributed by atoms with van der Waals surface area (Å²) in [6.45, 7) is 7.34. The summed E-state index contributed by atoms with van der Waals surface area (Å²) in [5.74, 6) is 0. The van der Waals surface area contributed by atoms with Crippen molar-refractivity contribution in [1.82, 2.24) is 0 Å². The summed E-state index contributed by atoms with van der Waals surface area (Å²) in [5, 5.41) is 3.33. The Morgan fingerprint density at radius 3 is 2.53 bits per heavy atom. The van der Waals surface area contributed by atoms with E-state index in [1.54, 1.807) is 0 Å². The molecule has 0 radical (unpaired) electrons. The van der Waals surface area contributed by atoms with Crippen molar-refractivity contribution in [2.45, 2.75) is 33.3 Å². The highest BCUT2D eigenvalue weighted by Gasteiger charge is 2.17. The molecule has 84 valence electrons. The van der Waals surface area contributed by atoms with Crippen LogP contribution in [0, 0.1) is 6.92 Å². The molecule has 0 atom stereocenters. The highest BCUT2D eigenvalue weighted by atomic mass is 35.5. The Labute approximate surface area is 98.4 Å². The Kier molecular flexibility index (Phi) is 3.62. The van der Waals surface area contributed by atoms with Crippen molar-refractivity contribution < 1.29 is 9.53 Å². The topological polar surface area (TPSA) is 38.3 Å². The summed E-state index contributed by atoms with van der Waals surface area (Å²) >= 11 is 7.19. The summed E-state index contributed by atoms with van der Waals surface area (Å²) in [4.78, 5) is 11.4. The predicted molar refractivity (Wildman–Crippen MR) is 63.9 cm³/mol. The Balaban J connectivity index is 2.59. The molecule has 1 aromatic heterocycles. The fourth-order valence-corrected chi connectivity index (χ4v) is 2.01. The molecule has 1 rings (SSSR count). The van der Waals surface area contributed by atoms with Gasteiger partial charge in [0.25, 0.3) is 0 Å². The smallest absolute Gasteiger partial charge is 0.412 e. The molecule has 15 heavy (non-hydrogen) atoms. The first-order valence-electron chi connectivity index (χ1n) is 4.54. The third kappa shape index (κ3) is 4.10. The van der Waals surface area contributed by atoms with Gasteiger partial charge in [0, 0.05) is 0 Å². The minimum atomic E-state index is -0.486. The first kappa shape index (κ1) is 12.3. The number of hydrogen-bond donors (Lipinski definition) is 1. The van der Waals surface area contributed by atoms with Gasteiger partial charge in [-0.2, -0.15) is 0 Å². The Bertz CT molecular complexity index is 348. The van der Waals surface area contributed by atoms with Gasteiger partial charge in [-0.3, -0.25) is 5.32 Å². The molecule has 0 saturated carbocycles. The van der Waals surface area contributed by atoms with Crippen molar-refractivity contribution in [3.8, 4) is 0 Å². The van der Waals surface area contributed by atoms with Gasteiger partial charge in [-0.1, -0.05) is 11.6 Å². The average molecular weight is 248 g/mol. The predicted octanol–water partition coefficient (Wildman–Crippen LogP) is 4.06. The van der Waals surface area contributed by atoms with Crippen LogP contribution in [0.25, 0.3) is 0 Å². The number of carbonyl (C=O) groups excluding carboxylic acids is 1. The molecule has 1 amide bonds. The van der Waals surface area contributed by atoms with Gasteiger partial charge >= 0.3 is 6.09 Å². The molecule has 0 aliphatic heterocycles. The van der Waals surface area contributed by atoms with Crippen LogP contribution < -0.4 is 5.32 Å². The summed E-state index contributed by atoms with van der Waals surface area (Å²) < 4.78 is 5.79. The molecule has 1 aromatic rings. The maximum Gasteiger partial charge on any atom is 0.412 e. The Morgan fingerprint density at radius 2 is 2.13 bits per heavy atom. The normalized spacial score (nSPS) is 11.3. The Hall–Kier alpha value is -0.740. The molecule has 0 saturated heterocycles. The second kappa shape index (κ2) is 4.41. The number of aryl methyl sites for hydroxylation is 1. The van der Waals surface area contributed by atoms with E-state index in [1.807, 2.05) is 33.8 Å². The zero-order chi connectivity index (χ0) is 11.6. The van der Waals surface area contributed by atoms with Gasteiger partial charge in [0.2, 0.25) is 0 Å². The van der Waals surface area contributed by atoms with E-state index in [2.05, 4.69) is 5.32 Å². The van der Waals surface area contributed by atoms with E-state index in [0.29, 0.717) is 9.34 Å². The SMILES string of the molecule is Cc1cc(NC(=O)OC(C)(C)C)sc1Cl. The van der Waals surface area contributed by atoms with Crippen molar-refractivity contribution in [3.63, 3.8) is 0 Å². The van der Waals surface area contributed by atoms with E-state index >= 15 is 0 Å². The van der Waals surface area contributed by atoms with Gasteiger partial charge in [0.15, 0.2) is 0 Å². The minimum absolute atomic E-state index is 0.458. The van der Waals surface area contributed by atoms with E-state index in [-0.39, 0.29) is 0 Å². The van der Waals surface area contributed by atoms with Crippen LogP contribution in [0.15, 0.2) is 6.07 Å². The van der Waals surface area contributed by atoms with Gasteiger partial charge in [0.1, 0.15) is 5.60 Å². The van der Waals surface area contributed by atoms with Crippen molar-refractivity contribution >= 4 is 34.0 Å². The molecule has 0 spiro atoms. The number of rotatable bonds is 1. The summed E-state index contributed by atoms with van der Waals surface area (Å²) in [6.07, 6.45) is -0.458. The van der Waals surface area contributed by atoms with Crippen LogP contribution in [0.3, 0.4) is 0 Å². The molecule has 5 heteroatoms. The quantitative estimate of drug-likeness (QED) is 0.813. The van der Waals surface area contributed by atoms with Gasteiger partial charge < -0.3 is 4.74 Å². The van der Waals surface area contributed by atoms with Crippen LogP contribution in [0.1, 0.15) is 26.3 Å². The monoisotopic (exact) mass is 247 g/mol. The number of carbonyl (C=O) groups is 1. The van der Waals surface area contributed by atoms with Gasteiger partial charge in [-0.05, 0) is 39.3 Å². The number of hydrogen-bond acceptors (Lipinski definition) is 3. The largest absolute Gasteiger partial charge is 0.444 e. The molecule has 0 unspecified atom stereocenters. The van der Waals surface area contributed by atoms with Crippen molar-refractivity contribution in [1.29, 1.82) is 0 Å². The molecule has 0 aliphatic rings. The Morgan fingerprint density at radius 1 is 1.53 bits per heavy atom. The number of amides is 1. The van der Waals surface area contributed by atoms with Crippen LogP contribution in [0.5, 0.6) is 0 Å². The lowest BCUT2D eigenvalue weighted by atomic mass is 10.2. The van der Waals surface area contributed by atoms with Crippen molar-refractivity contribution in [2.24, 2.45) is 0 Å². The lowest BCUT2D eigenvalue weighted by molar-refractivity contribution is 0.0636. The molecule has 0 aromatic carbocycles. The van der Waals surface area contributed by atoms with E-state index in [4.69, 9.17) is 16.3 Å². The van der Waals surface area contributed by atoms with Gasteiger partial charge in [0.05, 0.1) is 9.34 Å². The average Bonchev–Trinajstić information content (AvgIpc) is 2.26. The molecule has 0 aliphatic carbocycles. The number of halogens is 1. The number of thiophene rings is 1. The fraction of sp³-hybridized carbons (Fsp3) is 0.500. The van der Waals surface area contributed by atoms with E-state index in [0.717, 1.165) is 5.56 Å². The maximum absolute atomic E-state index is 11.4. The summed E-state index contributed by atoms with van der Waals surface area (Å²) in [6, 6.07) is 1.82. The summed E-state index contributed by atoms with van der Waals surface area (Å²) in [7, 11) is 0. The molecule has 1 heterocycles. The minimum Gasteiger partial charge on any atom is -0.444 e. The third-order valence-corrected chi connectivity index (χ3v) is 2.95. The van der Waals surface area contributed by atoms with Crippen LogP contribution in [0.2, 0.25) is 4.34 Å². The molecule has 3 nitrogen and oxygen atoms in total. The second-order valence-corrected chi connectivity index (χ2v) is 5.85. The van der Waals surface area contributed by atoms with Crippen LogP contribution >= 0.6 is 22.9 Å². The molecule has 1 N–H and O–H groups in total. The van der Waals surface area contributed by atoms with Crippen LogP contribution in [0.4, 0.5) is 9.80 Å². The van der Waals surface area contributed by atoms with Crippen LogP contribution in [-0.2, 0) is 4.74 Å². The highest BCUT2D eigenvalue weighted by Crippen LogP contribution is 2.30. The van der Waals surface area contributed by atoms with Crippen LogP contribution in [-0.4, -0.2) is 11.7 Å². The van der Waals surface area contributed by atoms with Gasteiger partial charge in [-0.25, -0.2) is 4.79 Å². The summed E-state index contributed by atoms with van der Waals surface area (Å²) in [5.41, 5.74) is 0.466. The molecule has 0 bridgehead atoms. The first-order chi connectivity index (χ1) is 6.78. The first-order valence-corrected chi connectivity index (χ1v) is 5.73. The standard InChI is InChI=1S/C10H14ClNO2S/c1-6-5-7(15-8(6)11)12-9(13)14-10(2,3)4/h5H,1-4H3,(H,12,13). The molecular weight excluding hydrogens is 234 g/mol. The highest BCUT2D eigenvalue weighted by molar-refractivity contribution is 7.20.